The molecule has 0 aliphatic heterocycles. The van der Waals surface area contributed by atoms with Gasteiger partial charge in [-0.3, -0.25) is 0 Å². The molecular weight excluding hydrogens is 228 g/mol. The van der Waals surface area contributed by atoms with E-state index in [1.807, 2.05) is 20.8 Å². The summed E-state index contributed by atoms with van der Waals surface area (Å²) >= 11 is 0. The molecule has 4 heteroatoms. The molecule has 0 aromatic carbocycles. The summed E-state index contributed by atoms with van der Waals surface area (Å²) in [5.41, 5.74) is 3.01. The van der Waals surface area contributed by atoms with Crippen LogP contribution in [0, 0.1) is 20.8 Å². The fraction of sp³-hybridized carbons (Fsp3) is 0.500. The number of nitrogens with zero attached hydrogens (tertiary/aromatic N) is 1. The van der Waals surface area contributed by atoms with E-state index in [9.17, 15) is 0 Å². The third kappa shape index (κ3) is 2.48. The molecule has 0 unspecified atom stereocenters. The van der Waals surface area contributed by atoms with Crippen LogP contribution in [0.25, 0.3) is 11.5 Å². The van der Waals surface area contributed by atoms with Crippen LogP contribution in [0.1, 0.15) is 36.1 Å². The average Bonchev–Trinajstić information content (AvgIpc) is 2.86. The van der Waals surface area contributed by atoms with Crippen LogP contribution in [-0.2, 0) is 6.54 Å². The lowest BCUT2D eigenvalue weighted by Crippen LogP contribution is -2.13. The second-order valence-electron chi connectivity index (χ2n) is 4.54. The van der Waals surface area contributed by atoms with Crippen LogP contribution in [0.3, 0.4) is 0 Å². The normalized spacial score (nSPS) is 11.1. The van der Waals surface area contributed by atoms with Crippen molar-refractivity contribution in [2.24, 2.45) is 0 Å². The van der Waals surface area contributed by atoms with Crippen molar-refractivity contribution in [1.82, 2.24) is 10.3 Å². The van der Waals surface area contributed by atoms with E-state index in [2.05, 4.69) is 17.2 Å². The van der Waals surface area contributed by atoms with Gasteiger partial charge in [-0.25, -0.2) is 4.98 Å². The highest BCUT2D eigenvalue weighted by Crippen LogP contribution is 2.30. The van der Waals surface area contributed by atoms with E-state index in [4.69, 9.17) is 8.83 Å². The van der Waals surface area contributed by atoms with Gasteiger partial charge in [0.1, 0.15) is 17.8 Å². The maximum atomic E-state index is 5.59. The molecule has 98 valence electrons. The molecule has 2 aromatic rings. The second-order valence-corrected chi connectivity index (χ2v) is 4.54. The molecule has 0 bridgehead atoms. The van der Waals surface area contributed by atoms with E-state index < -0.39 is 0 Å². The first-order chi connectivity index (χ1) is 8.63. The molecule has 0 amide bonds. The first-order valence-electron chi connectivity index (χ1n) is 6.35. The number of hydrogen-bond acceptors (Lipinski definition) is 4. The fourth-order valence-corrected chi connectivity index (χ4v) is 2.00. The fourth-order valence-electron chi connectivity index (χ4n) is 2.00. The quantitative estimate of drug-likeness (QED) is 0.824. The van der Waals surface area contributed by atoms with Gasteiger partial charge in [-0.05, 0) is 33.7 Å². The third-order valence-corrected chi connectivity index (χ3v) is 3.06. The zero-order valence-corrected chi connectivity index (χ0v) is 11.5. The molecule has 2 rings (SSSR count). The van der Waals surface area contributed by atoms with Gasteiger partial charge >= 0.3 is 0 Å². The van der Waals surface area contributed by atoms with Crippen molar-refractivity contribution >= 4 is 0 Å². The van der Waals surface area contributed by atoms with E-state index in [1.54, 1.807) is 6.26 Å². The number of rotatable bonds is 5. The first-order valence-corrected chi connectivity index (χ1v) is 6.35. The van der Waals surface area contributed by atoms with Crippen molar-refractivity contribution < 1.29 is 8.83 Å². The Morgan fingerprint density at radius 3 is 2.61 bits per heavy atom. The van der Waals surface area contributed by atoms with Crippen molar-refractivity contribution in [1.29, 1.82) is 0 Å². The van der Waals surface area contributed by atoms with E-state index in [-0.39, 0.29) is 0 Å². The summed E-state index contributed by atoms with van der Waals surface area (Å²) < 4.78 is 11.1. The summed E-state index contributed by atoms with van der Waals surface area (Å²) in [4.78, 5) is 4.50. The van der Waals surface area contributed by atoms with Crippen molar-refractivity contribution in [2.45, 2.75) is 40.7 Å². The maximum absolute atomic E-state index is 5.59. The molecule has 0 spiro atoms. The molecule has 4 nitrogen and oxygen atoms in total. The highest BCUT2D eigenvalue weighted by atomic mass is 16.4. The van der Waals surface area contributed by atoms with Gasteiger partial charge in [0, 0.05) is 12.1 Å². The van der Waals surface area contributed by atoms with Gasteiger partial charge in [0.05, 0.1) is 11.3 Å². The molecule has 0 aliphatic carbocycles. The molecule has 1 N–H and O–H groups in total. The van der Waals surface area contributed by atoms with Crippen molar-refractivity contribution in [2.75, 3.05) is 6.54 Å². The van der Waals surface area contributed by atoms with Crippen LogP contribution in [0.4, 0.5) is 0 Å². The van der Waals surface area contributed by atoms with Gasteiger partial charge in [0.15, 0.2) is 0 Å². The lowest BCUT2D eigenvalue weighted by Gasteiger charge is -1.97. The van der Waals surface area contributed by atoms with E-state index in [0.717, 1.165) is 47.9 Å². The van der Waals surface area contributed by atoms with E-state index in [1.165, 1.54) is 0 Å². The molecule has 0 saturated carbocycles. The Labute approximate surface area is 107 Å². The molecular formula is C14H20N2O2. The van der Waals surface area contributed by atoms with Crippen molar-refractivity contribution in [3.05, 3.63) is 29.0 Å². The molecule has 0 saturated heterocycles. The molecule has 18 heavy (non-hydrogen) atoms. The Balaban J connectivity index is 2.19. The first kappa shape index (κ1) is 12.9. The highest BCUT2D eigenvalue weighted by molar-refractivity contribution is 5.62. The van der Waals surface area contributed by atoms with Crippen LogP contribution in [0.2, 0.25) is 0 Å². The Morgan fingerprint density at radius 1 is 1.22 bits per heavy atom. The molecule has 0 fully saturated rings. The number of aryl methyl sites for hydroxylation is 2. The molecule has 0 aliphatic rings. The standard InChI is InChI=1S/C14H20N2O2/c1-5-6-15-7-12-8-17-14(16-12)13-9(2)10(3)18-11(13)4/h8,15H,5-7H2,1-4H3. The van der Waals surface area contributed by atoms with Crippen molar-refractivity contribution in [3.63, 3.8) is 0 Å². The summed E-state index contributed by atoms with van der Waals surface area (Å²) in [6.07, 6.45) is 2.82. The maximum Gasteiger partial charge on any atom is 0.230 e. The predicted octanol–water partition coefficient (Wildman–Crippen LogP) is 3.36. The van der Waals surface area contributed by atoms with Gasteiger partial charge < -0.3 is 14.2 Å². The number of hydrogen-bond donors (Lipinski definition) is 1. The second kappa shape index (κ2) is 5.40. The lowest BCUT2D eigenvalue weighted by atomic mass is 10.1. The topological polar surface area (TPSA) is 51.2 Å². The van der Waals surface area contributed by atoms with Gasteiger partial charge in [0.2, 0.25) is 5.89 Å². The minimum Gasteiger partial charge on any atom is -0.466 e. The highest BCUT2D eigenvalue weighted by Gasteiger charge is 2.17. The summed E-state index contributed by atoms with van der Waals surface area (Å²) in [7, 11) is 0. The molecule has 2 aromatic heterocycles. The number of furan rings is 1. The third-order valence-electron chi connectivity index (χ3n) is 3.06. The van der Waals surface area contributed by atoms with Crippen LogP contribution in [-0.4, -0.2) is 11.5 Å². The van der Waals surface area contributed by atoms with Gasteiger partial charge in [-0.15, -0.1) is 0 Å². The van der Waals surface area contributed by atoms with Crippen molar-refractivity contribution in [3.8, 4) is 11.5 Å². The molecule has 0 atom stereocenters. The van der Waals surface area contributed by atoms with Crippen LogP contribution in [0.5, 0.6) is 0 Å². The van der Waals surface area contributed by atoms with Crippen LogP contribution >= 0.6 is 0 Å². The summed E-state index contributed by atoms with van der Waals surface area (Å²) in [5.74, 6) is 2.43. The summed E-state index contributed by atoms with van der Waals surface area (Å²) in [6, 6.07) is 0. The summed E-state index contributed by atoms with van der Waals surface area (Å²) in [5, 5.41) is 3.30. The van der Waals surface area contributed by atoms with Gasteiger partial charge in [-0.1, -0.05) is 6.92 Å². The number of aromatic nitrogens is 1. The Hall–Kier alpha value is -1.55. The zero-order chi connectivity index (χ0) is 13.1. The Kier molecular flexibility index (Phi) is 3.87. The number of nitrogens with one attached hydrogen (secondary N) is 1. The largest absolute Gasteiger partial charge is 0.466 e. The van der Waals surface area contributed by atoms with Gasteiger partial charge in [-0.2, -0.15) is 0 Å². The molecule has 0 radical (unpaired) electrons. The average molecular weight is 248 g/mol. The SMILES string of the molecule is CCCNCc1coc(-c2c(C)oc(C)c2C)n1. The molecule has 2 heterocycles. The smallest absolute Gasteiger partial charge is 0.230 e. The minimum atomic E-state index is 0.648. The van der Waals surface area contributed by atoms with Gasteiger partial charge in [0.25, 0.3) is 0 Å². The van der Waals surface area contributed by atoms with E-state index in [0.29, 0.717) is 5.89 Å². The minimum absolute atomic E-state index is 0.648. The Morgan fingerprint density at radius 2 is 2.00 bits per heavy atom. The van der Waals surface area contributed by atoms with Crippen LogP contribution in [0.15, 0.2) is 15.1 Å². The summed E-state index contributed by atoms with van der Waals surface area (Å²) in [6.45, 7) is 9.80. The Bertz CT molecular complexity index is 526. The number of oxazole rings is 1. The van der Waals surface area contributed by atoms with Crippen LogP contribution < -0.4 is 5.32 Å². The monoisotopic (exact) mass is 248 g/mol. The predicted molar refractivity (Wildman–Crippen MR) is 70.4 cm³/mol. The zero-order valence-electron chi connectivity index (χ0n) is 11.5. The van der Waals surface area contributed by atoms with E-state index >= 15 is 0 Å². The lowest BCUT2D eigenvalue weighted by molar-refractivity contribution is 0.501.